The minimum absolute atomic E-state index is 0.0371. The second-order valence-electron chi connectivity index (χ2n) is 5.45. The molecule has 0 aliphatic rings. The Morgan fingerprint density at radius 1 is 1.29 bits per heavy atom. The molecule has 2 rings (SSSR count). The van der Waals surface area contributed by atoms with E-state index in [4.69, 9.17) is 4.74 Å². The molecular formula is C19H19N3O2. The summed E-state index contributed by atoms with van der Waals surface area (Å²) in [4.78, 5) is 16.2. The molecule has 0 atom stereocenters. The van der Waals surface area contributed by atoms with E-state index < -0.39 is 5.91 Å². The number of nitrogens with zero attached hydrogens (tertiary/aromatic N) is 2. The number of hydrogen-bond acceptors (Lipinski definition) is 4. The molecule has 0 radical (unpaired) electrons. The van der Waals surface area contributed by atoms with Crippen molar-refractivity contribution in [3.63, 3.8) is 0 Å². The van der Waals surface area contributed by atoms with Crippen LogP contribution in [0.4, 0.5) is 0 Å². The molecule has 2 aromatic rings. The Hall–Kier alpha value is -3.13. The molecule has 1 heterocycles. The quantitative estimate of drug-likeness (QED) is 0.655. The van der Waals surface area contributed by atoms with Gasteiger partial charge in [0, 0.05) is 17.8 Å². The molecule has 122 valence electrons. The van der Waals surface area contributed by atoms with Gasteiger partial charge in [-0.1, -0.05) is 24.3 Å². The van der Waals surface area contributed by atoms with Crippen LogP contribution in [-0.2, 0) is 11.4 Å². The van der Waals surface area contributed by atoms with Gasteiger partial charge in [-0.25, -0.2) is 0 Å². The highest BCUT2D eigenvalue weighted by Gasteiger charge is 2.11. The first-order valence-electron chi connectivity index (χ1n) is 7.64. The monoisotopic (exact) mass is 321 g/mol. The Bertz CT molecular complexity index is 762. The van der Waals surface area contributed by atoms with Crippen molar-refractivity contribution in [2.75, 3.05) is 0 Å². The van der Waals surface area contributed by atoms with Crippen molar-refractivity contribution in [3.05, 3.63) is 65.5 Å². The molecule has 1 N–H and O–H groups in total. The topological polar surface area (TPSA) is 75.0 Å². The molecule has 24 heavy (non-hydrogen) atoms. The smallest absolute Gasteiger partial charge is 0.262 e. The molecule has 1 amide bonds. The average molecular weight is 321 g/mol. The largest absolute Gasteiger partial charge is 0.487 e. The number of para-hydroxylation sites is 1. The fourth-order valence-corrected chi connectivity index (χ4v) is 2.01. The van der Waals surface area contributed by atoms with E-state index in [-0.39, 0.29) is 11.6 Å². The van der Waals surface area contributed by atoms with Crippen LogP contribution in [0.5, 0.6) is 5.75 Å². The Kier molecular flexibility index (Phi) is 6.09. The van der Waals surface area contributed by atoms with Crippen LogP contribution < -0.4 is 10.1 Å². The first kappa shape index (κ1) is 17.2. The van der Waals surface area contributed by atoms with Crippen LogP contribution in [0.2, 0.25) is 0 Å². The summed E-state index contributed by atoms with van der Waals surface area (Å²) in [7, 11) is 0. The van der Waals surface area contributed by atoms with Crippen LogP contribution >= 0.6 is 0 Å². The molecule has 0 aliphatic heterocycles. The van der Waals surface area contributed by atoms with Gasteiger partial charge in [0.2, 0.25) is 0 Å². The predicted octanol–water partition coefficient (Wildman–Crippen LogP) is 3.09. The van der Waals surface area contributed by atoms with Gasteiger partial charge < -0.3 is 10.1 Å². The first-order chi connectivity index (χ1) is 11.6. The van der Waals surface area contributed by atoms with Crippen molar-refractivity contribution in [1.82, 2.24) is 10.3 Å². The Morgan fingerprint density at radius 3 is 2.71 bits per heavy atom. The second kappa shape index (κ2) is 8.49. The van der Waals surface area contributed by atoms with E-state index in [1.807, 2.05) is 50.2 Å². The zero-order valence-electron chi connectivity index (χ0n) is 13.7. The predicted molar refractivity (Wildman–Crippen MR) is 91.9 cm³/mol. The van der Waals surface area contributed by atoms with Crippen molar-refractivity contribution in [1.29, 1.82) is 5.26 Å². The van der Waals surface area contributed by atoms with Gasteiger partial charge in [-0.3, -0.25) is 9.78 Å². The number of rotatable bonds is 6. The van der Waals surface area contributed by atoms with Crippen molar-refractivity contribution >= 4 is 12.0 Å². The maximum atomic E-state index is 12.0. The Balaban J connectivity index is 2.19. The van der Waals surface area contributed by atoms with Gasteiger partial charge >= 0.3 is 0 Å². The van der Waals surface area contributed by atoms with Crippen LogP contribution in [-0.4, -0.2) is 16.9 Å². The van der Waals surface area contributed by atoms with E-state index in [1.165, 1.54) is 6.08 Å². The molecular weight excluding hydrogens is 302 g/mol. The number of carbonyl (C=O) groups is 1. The van der Waals surface area contributed by atoms with E-state index in [1.54, 1.807) is 18.3 Å². The van der Waals surface area contributed by atoms with Gasteiger partial charge in [0.25, 0.3) is 5.91 Å². The highest BCUT2D eigenvalue weighted by molar-refractivity contribution is 6.02. The van der Waals surface area contributed by atoms with Crippen molar-refractivity contribution in [2.24, 2.45) is 0 Å². The molecule has 1 aromatic heterocycles. The van der Waals surface area contributed by atoms with Crippen LogP contribution in [0.3, 0.4) is 0 Å². The number of hydrogen-bond donors (Lipinski definition) is 1. The number of benzene rings is 1. The lowest BCUT2D eigenvalue weighted by Gasteiger charge is -2.10. The summed E-state index contributed by atoms with van der Waals surface area (Å²) >= 11 is 0. The van der Waals surface area contributed by atoms with Crippen molar-refractivity contribution in [3.8, 4) is 11.8 Å². The molecule has 0 fully saturated rings. The standard InChI is InChI=1S/C19H19N3O2/c1-14(2)22-19(23)16(12-20)11-15-7-3-4-9-18(15)24-13-17-8-5-6-10-21-17/h3-11,14H,13H2,1-2H3,(H,22,23)/b16-11+. The fraction of sp³-hybridized carbons (Fsp3) is 0.211. The summed E-state index contributed by atoms with van der Waals surface area (Å²) in [5.74, 6) is 0.195. The van der Waals surface area contributed by atoms with Crippen LogP contribution in [0.15, 0.2) is 54.2 Å². The van der Waals surface area contributed by atoms with E-state index in [2.05, 4.69) is 10.3 Å². The molecule has 5 nitrogen and oxygen atoms in total. The highest BCUT2D eigenvalue weighted by atomic mass is 16.5. The lowest BCUT2D eigenvalue weighted by molar-refractivity contribution is -0.117. The highest BCUT2D eigenvalue weighted by Crippen LogP contribution is 2.22. The summed E-state index contributed by atoms with van der Waals surface area (Å²) in [6, 6.07) is 14.8. The molecule has 0 spiro atoms. The molecule has 0 aliphatic carbocycles. The van der Waals surface area contributed by atoms with E-state index in [0.717, 1.165) is 5.69 Å². The summed E-state index contributed by atoms with van der Waals surface area (Å²) < 4.78 is 5.78. The second-order valence-corrected chi connectivity index (χ2v) is 5.45. The molecule has 0 saturated heterocycles. The molecule has 1 aromatic carbocycles. The van der Waals surface area contributed by atoms with E-state index in [0.29, 0.717) is 17.9 Å². The number of nitrogens with one attached hydrogen (secondary N) is 1. The minimum atomic E-state index is -0.396. The summed E-state index contributed by atoms with van der Waals surface area (Å²) in [5, 5.41) is 12.0. The van der Waals surface area contributed by atoms with Gasteiger partial charge in [0.15, 0.2) is 0 Å². The van der Waals surface area contributed by atoms with Crippen LogP contribution in [0.1, 0.15) is 25.1 Å². The van der Waals surface area contributed by atoms with Crippen LogP contribution in [0.25, 0.3) is 6.08 Å². The van der Waals surface area contributed by atoms with Gasteiger partial charge in [0.05, 0.1) is 5.69 Å². The number of carbonyl (C=O) groups excluding carboxylic acids is 1. The van der Waals surface area contributed by atoms with Crippen molar-refractivity contribution < 1.29 is 9.53 Å². The van der Waals surface area contributed by atoms with E-state index in [9.17, 15) is 10.1 Å². The Labute approximate surface area is 141 Å². The van der Waals surface area contributed by atoms with Gasteiger partial charge in [-0.2, -0.15) is 5.26 Å². The van der Waals surface area contributed by atoms with Crippen molar-refractivity contribution in [2.45, 2.75) is 26.5 Å². The summed E-state index contributed by atoms with van der Waals surface area (Å²) in [5.41, 5.74) is 1.51. The van der Waals surface area contributed by atoms with Gasteiger partial charge in [0.1, 0.15) is 24.0 Å². The fourth-order valence-electron chi connectivity index (χ4n) is 2.01. The van der Waals surface area contributed by atoms with E-state index >= 15 is 0 Å². The van der Waals surface area contributed by atoms with Crippen LogP contribution in [0, 0.1) is 11.3 Å². The number of ether oxygens (including phenoxy) is 1. The maximum absolute atomic E-state index is 12.0. The Morgan fingerprint density at radius 2 is 2.04 bits per heavy atom. The first-order valence-corrected chi connectivity index (χ1v) is 7.64. The molecule has 5 heteroatoms. The summed E-state index contributed by atoms with van der Waals surface area (Å²) in [6.45, 7) is 4.00. The molecule has 0 bridgehead atoms. The average Bonchev–Trinajstić information content (AvgIpc) is 2.59. The zero-order chi connectivity index (χ0) is 17.4. The number of aromatic nitrogens is 1. The third-order valence-electron chi connectivity index (χ3n) is 3.11. The SMILES string of the molecule is CC(C)NC(=O)/C(C#N)=C/c1ccccc1OCc1ccccn1. The normalized spacial score (nSPS) is 11.0. The number of amides is 1. The summed E-state index contributed by atoms with van der Waals surface area (Å²) in [6.07, 6.45) is 3.24. The maximum Gasteiger partial charge on any atom is 0.262 e. The third kappa shape index (κ3) is 4.96. The lowest BCUT2D eigenvalue weighted by Crippen LogP contribution is -2.30. The lowest BCUT2D eigenvalue weighted by atomic mass is 10.1. The minimum Gasteiger partial charge on any atom is -0.487 e. The third-order valence-corrected chi connectivity index (χ3v) is 3.11. The molecule has 0 saturated carbocycles. The van der Waals surface area contributed by atoms with Gasteiger partial charge in [-0.05, 0) is 38.1 Å². The zero-order valence-corrected chi connectivity index (χ0v) is 13.7. The van der Waals surface area contributed by atoms with Gasteiger partial charge in [-0.15, -0.1) is 0 Å². The number of pyridine rings is 1. The molecule has 0 unspecified atom stereocenters. The number of nitriles is 1.